The molecule has 6 nitrogen and oxygen atoms in total. The molecule has 0 bridgehead atoms. The van der Waals surface area contributed by atoms with Gasteiger partial charge in [0.1, 0.15) is 5.56 Å². The first kappa shape index (κ1) is 9.83. The number of fused-ring (bicyclic) bond motifs is 3. The number of carboxylic acid groups (broad SMARTS) is 1. The van der Waals surface area contributed by atoms with Gasteiger partial charge in [0.15, 0.2) is 5.43 Å². The van der Waals surface area contributed by atoms with Gasteiger partial charge in [0.05, 0.1) is 17.9 Å². The molecule has 1 N–H and O–H groups in total. The Bertz CT molecular complexity index is 669. The van der Waals surface area contributed by atoms with Crippen LogP contribution in [0.2, 0.25) is 0 Å². The minimum Gasteiger partial charge on any atom is -0.477 e. The number of hydrogen-bond acceptors (Lipinski definition) is 3. The second-order valence-electron chi connectivity index (χ2n) is 3.87. The molecule has 2 aromatic heterocycles. The fraction of sp³-hybridized carbons (Fsp3) is 0.182. The van der Waals surface area contributed by atoms with Crippen molar-refractivity contribution in [1.82, 2.24) is 14.3 Å². The summed E-state index contributed by atoms with van der Waals surface area (Å²) in [4.78, 5) is 22.5. The molecule has 6 heteroatoms. The van der Waals surface area contributed by atoms with Crippen molar-refractivity contribution in [1.29, 1.82) is 0 Å². The smallest absolute Gasteiger partial charge is 0.341 e. The average molecular weight is 231 g/mol. The van der Waals surface area contributed by atoms with Crippen molar-refractivity contribution in [3.8, 4) is 11.4 Å². The molecule has 3 rings (SSSR count). The lowest BCUT2D eigenvalue weighted by Gasteiger charge is -2.20. The van der Waals surface area contributed by atoms with Crippen LogP contribution in [0.1, 0.15) is 10.4 Å². The van der Waals surface area contributed by atoms with Crippen LogP contribution in [0, 0.1) is 0 Å². The van der Waals surface area contributed by atoms with Gasteiger partial charge in [-0.05, 0) is 6.07 Å². The number of hydrogen-bond donors (Lipinski definition) is 1. The van der Waals surface area contributed by atoms with E-state index in [0.29, 0.717) is 18.8 Å². The molecule has 0 amide bonds. The summed E-state index contributed by atoms with van der Waals surface area (Å²) in [7, 11) is 0. The van der Waals surface area contributed by atoms with Crippen LogP contribution in [0.3, 0.4) is 0 Å². The second-order valence-corrected chi connectivity index (χ2v) is 3.87. The molecule has 0 radical (unpaired) electrons. The Labute approximate surface area is 95.7 Å². The van der Waals surface area contributed by atoms with Crippen molar-refractivity contribution in [3.05, 3.63) is 40.3 Å². The largest absolute Gasteiger partial charge is 0.477 e. The summed E-state index contributed by atoms with van der Waals surface area (Å²) in [6.07, 6.45) is 3.07. The van der Waals surface area contributed by atoms with Crippen LogP contribution in [0.25, 0.3) is 11.4 Å². The fourth-order valence-corrected chi connectivity index (χ4v) is 2.07. The Morgan fingerprint density at radius 2 is 2.18 bits per heavy atom. The van der Waals surface area contributed by atoms with Gasteiger partial charge in [0, 0.05) is 25.0 Å². The first-order chi connectivity index (χ1) is 8.16. The number of aromatic carboxylic acids is 1. The molecule has 0 aliphatic carbocycles. The summed E-state index contributed by atoms with van der Waals surface area (Å²) in [5.74, 6) is -1.19. The molecule has 1 aliphatic rings. The van der Waals surface area contributed by atoms with Gasteiger partial charge in [-0.3, -0.25) is 9.48 Å². The van der Waals surface area contributed by atoms with Crippen LogP contribution in [-0.2, 0) is 13.1 Å². The molecule has 0 saturated carbocycles. The molecule has 0 fully saturated rings. The lowest BCUT2D eigenvalue weighted by Crippen LogP contribution is -2.24. The first-order valence-electron chi connectivity index (χ1n) is 5.17. The van der Waals surface area contributed by atoms with E-state index in [0.717, 1.165) is 5.69 Å². The molecule has 86 valence electrons. The van der Waals surface area contributed by atoms with Crippen molar-refractivity contribution in [2.75, 3.05) is 0 Å². The van der Waals surface area contributed by atoms with Crippen LogP contribution in [-0.4, -0.2) is 25.4 Å². The van der Waals surface area contributed by atoms with Crippen molar-refractivity contribution in [2.24, 2.45) is 0 Å². The zero-order valence-corrected chi connectivity index (χ0v) is 8.83. The third-order valence-electron chi connectivity index (χ3n) is 2.89. The molecule has 0 saturated heterocycles. The molecule has 0 atom stereocenters. The number of aromatic nitrogens is 3. The van der Waals surface area contributed by atoms with Gasteiger partial charge in [-0.2, -0.15) is 5.10 Å². The van der Waals surface area contributed by atoms with Crippen LogP contribution < -0.4 is 5.43 Å². The Hall–Kier alpha value is -2.37. The van der Waals surface area contributed by atoms with Gasteiger partial charge in [0.2, 0.25) is 0 Å². The zero-order valence-electron chi connectivity index (χ0n) is 8.83. The van der Waals surface area contributed by atoms with Crippen LogP contribution in [0.5, 0.6) is 0 Å². The number of aryl methyl sites for hydroxylation is 2. The highest BCUT2D eigenvalue weighted by molar-refractivity contribution is 5.87. The summed E-state index contributed by atoms with van der Waals surface area (Å²) in [6, 6.07) is 3.17. The molecular weight excluding hydrogens is 222 g/mol. The number of nitrogens with zero attached hydrogens (tertiary/aromatic N) is 3. The summed E-state index contributed by atoms with van der Waals surface area (Å²) in [5, 5.41) is 13.0. The highest BCUT2D eigenvalue weighted by Gasteiger charge is 2.19. The van der Waals surface area contributed by atoms with E-state index < -0.39 is 11.4 Å². The van der Waals surface area contributed by atoms with E-state index in [2.05, 4.69) is 5.10 Å². The standard InChI is InChI=1S/C11H9N3O3/c15-10-5-9-8-1-2-12-14(8)4-3-13(9)6-7(10)11(16)17/h1-2,5-6H,3-4H2,(H,16,17). The van der Waals surface area contributed by atoms with E-state index >= 15 is 0 Å². The highest BCUT2D eigenvalue weighted by Crippen LogP contribution is 2.22. The van der Waals surface area contributed by atoms with Gasteiger partial charge in [0.25, 0.3) is 0 Å². The summed E-state index contributed by atoms with van der Waals surface area (Å²) in [5.41, 5.74) is 0.883. The molecule has 2 aromatic rings. The molecule has 1 aliphatic heterocycles. The third-order valence-corrected chi connectivity index (χ3v) is 2.89. The second kappa shape index (κ2) is 3.31. The number of carbonyl (C=O) groups is 1. The van der Waals surface area contributed by atoms with Crippen molar-refractivity contribution >= 4 is 5.97 Å². The molecular formula is C11H9N3O3. The Balaban J connectivity index is 2.27. The summed E-state index contributed by atoms with van der Waals surface area (Å²) in [6.45, 7) is 1.29. The quantitative estimate of drug-likeness (QED) is 0.771. The third kappa shape index (κ3) is 1.37. The molecule has 17 heavy (non-hydrogen) atoms. The number of rotatable bonds is 1. The Kier molecular flexibility index (Phi) is 1.91. The SMILES string of the molecule is O=C(O)c1cn2c(cc1=O)-c1ccnn1CC2. The van der Waals surface area contributed by atoms with Crippen LogP contribution in [0.15, 0.2) is 29.3 Å². The van der Waals surface area contributed by atoms with Gasteiger partial charge in [-0.15, -0.1) is 0 Å². The highest BCUT2D eigenvalue weighted by atomic mass is 16.4. The molecule has 3 heterocycles. The van der Waals surface area contributed by atoms with Gasteiger partial charge in [-0.1, -0.05) is 0 Å². The van der Waals surface area contributed by atoms with Gasteiger partial charge in [-0.25, -0.2) is 4.79 Å². The van der Waals surface area contributed by atoms with E-state index in [1.165, 1.54) is 12.3 Å². The predicted molar refractivity (Wildman–Crippen MR) is 58.9 cm³/mol. The van der Waals surface area contributed by atoms with Crippen LogP contribution >= 0.6 is 0 Å². The number of pyridine rings is 1. The zero-order chi connectivity index (χ0) is 12.0. The molecule has 0 unspecified atom stereocenters. The maximum atomic E-state index is 11.6. The number of carboxylic acids is 1. The summed E-state index contributed by atoms with van der Waals surface area (Å²) < 4.78 is 3.58. The van der Waals surface area contributed by atoms with Crippen LogP contribution in [0.4, 0.5) is 0 Å². The fourth-order valence-electron chi connectivity index (χ4n) is 2.07. The van der Waals surface area contributed by atoms with Gasteiger partial charge < -0.3 is 9.67 Å². The summed E-state index contributed by atoms with van der Waals surface area (Å²) >= 11 is 0. The predicted octanol–water partition coefficient (Wildman–Crippen LogP) is 0.424. The van der Waals surface area contributed by atoms with Crippen molar-refractivity contribution in [2.45, 2.75) is 13.1 Å². The maximum absolute atomic E-state index is 11.6. The average Bonchev–Trinajstić information content (AvgIpc) is 2.76. The topological polar surface area (TPSA) is 77.1 Å². The van der Waals surface area contributed by atoms with E-state index in [4.69, 9.17) is 5.11 Å². The first-order valence-corrected chi connectivity index (χ1v) is 5.17. The van der Waals surface area contributed by atoms with E-state index in [9.17, 15) is 9.59 Å². The van der Waals surface area contributed by atoms with E-state index in [-0.39, 0.29) is 5.56 Å². The monoisotopic (exact) mass is 231 g/mol. The lowest BCUT2D eigenvalue weighted by atomic mass is 10.1. The van der Waals surface area contributed by atoms with Crippen molar-refractivity contribution < 1.29 is 9.90 Å². The van der Waals surface area contributed by atoms with E-state index in [1.54, 1.807) is 15.4 Å². The minimum absolute atomic E-state index is 0.193. The van der Waals surface area contributed by atoms with E-state index in [1.807, 2.05) is 6.07 Å². The normalized spacial score (nSPS) is 12.9. The maximum Gasteiger partial charge on any atom is 0.341 e. The van der Waals surface area contributed by atoms with Gasteiger partial charge >= 0.3 is 5.97 Å². The molecule has 0 aromatic carbocycles. The lowest BCUT2D eigenvalue weighted by molar-refractivity contribution is 0.0694. The van der Waals surface area contributed by atoms with Crippen molar-refractivity contribution in [3.63, 3.8) is 0 Å². The Morgan fingerprint density at radius 3 is 2.94 bits per heavy atom. The molecule has 0 spiro atoms. The minimum atomic E-state index is -1.19. The Morgan fingerprint density at radius 1 is 1.35 bits per heavy atom.